The summed E-state index contributed by atoms with van der Waals surface area (Å²) in [6, 6.07) is 3.79. The molecular weight excluding hydrogens is 364 g/mol. The number of hydrogen-bond donors (Lipinski definition) is 1. The molecule has 28 heavy (non-hydrogen) atoms. The summed E-state index contributed by atoms with van der Waals surface area (Å²) in [4.78, 5) is 35.6. The highest BCUT2D eigenvalue weighted by Crippen LogP contribution is 2.22. The molecule has 1 aliphatic heterocycles. The standard InChI is InChI=1S/C17H24N6O2.CH2O2/c1-13-19-17(25-20-13)14-4-6-18-15(12-14)22-7-5-16(24)23(11-10-22)9-8-21(2)3;2-1-3/h4,6,12H,5,7-11H2,1-3H3;1H,(H,2,3). The fourth-order valence-electron chi connectivity index (χ4n) is 2.79. The van der Waals surface area contributed by atoms with E-state index in [-0.39, 0.29) is 12.4 Å². The number of aryl methyl sites for hydroxylation is 1. The predicted octanol–water partition coefficient (Wildman–Crippen LogP) is 0.741. The van der Waals surface area contributed by atoms with Crippen LogP contribution in [-0.4, -0.2) is 89.2 Å². The predicted molar refractivity (Wildman–Crippen MR) is 103 cm³/mol. The van der Waals surface area contributed by atoms with Gasteiger partial charge in [0.1, 0.15) is 5.82 Å². The SMILES string of the molecule is Cc1noc(-c2ccnc(N3CCC(=O)N(CCN(C)C)CC3)c2)n1.O=CO. The number of pyridine rings is 1. The number of anilines is 1. The van der Waals surface area contributed by atoms with Crippen molar-refractivity contribution < 1.29 is 19.2 Å². The lowest BCUT2D eigenvalue weighted by Crippen LogP contribution is -2.38. The summed E-state index contributed by atoms with van der Waals surface area (Å²) >= 11 is 0. The molecule has 1 fully saturated rings. The van der Waals surface area contributed by atoms with E-state index in [2.05, 4.69) is 24.9 Å². The van der Waals surface area contributed by atoms with Crippen LogP contribution in [-0.2, 0) is 9.59 Å². The number of hydrogen-bond acceptors (Lipinski definition) is 8. The van der Waals surface area contributed by atoms with Crippen molar-refractivity contribution in [2.45, 2.75) is 13.3 Å². The van der Waals surface area contributed by atoms with Crippen molar-refractivity contribution in [3.05, 3.63) is 24.2 Å². The molecule has 0 saturated carbocycles. The molecule has 0 spiro atoms. The van der Waals surface area contributed by atoms with Gasteiger partial charge in [-0.1, -0.05) is 5.16 Å². The van der Waals surface area contributed by atoms with Crippen LogP contribution in [0.3, 0.4) is 0 Å². The van der Waals surface area contributed by atoms with Crippen molar-refractivity contribution in [2.24, 2.45) is 0 Å². The van der Waals surface area contributed by atoms with Crippen molar-refractivity contribution in [1.82, 2.24) is 24.9 Å². The number of carbonyl (C=O) groups excluding carboxylic acids is 1. The number of carboxylic acid groups (broad SMARTS) is 1. The van der Waals surface area contributed by atoms with E-state index in [1.54, 1.807) is 13.1 Å². The van der Waals surface area contributed by atoms with Crippen LogP contribution in [0.15, 0.2) is 22.9 Å². The first-order valence-corrected chi connectivity index (χ1v) is 8.96. The first-order valence-electron chi connectivity index (χ1n) is 8.96. The zero-order valence-corrected chi connectivity index (χ0v) is 16.4. The van der Waals surface area contributed by atoms with Crippen molar-refractivity contribution in [2.75, 3.05) is 51.7 Å². The molecule has 0 aromatic carbocycles. The van der Waals surface area contributed by atoms with E-state index < -0.39 is 0 Å². The van der Waals surface area contributed by atoms with E-state index in [4.69, 9.17) is 14.4 Å². The third kappa shape index (κ3) is 6.02. The molecule has 1 N–H and O–H groups in total. The number of nitrogens with zero attached hydrogens (tertiary/aromatic N) is 6. The summed E-state index contributed by atoms with van der Waals surface area (Å²) in [6.45, 7) is 5.30. The van der Waals surface area contributed by atoms with Gasteiger partial charge >= 0.3 is 0 Å². The Bertz CT molecular complexity index is 779. The van der Waals surface area contributed by atoms with Crippen molar-refractivity contribution in [1.29, 1.82) is 0 Å². The van der Waals surface area contributed by atoms with E-state index in [0.29, 0.717) is 31.2 Å². The monoisotopic (exact) mass is 390 g/mol. The van der Waals surface area contributed by atoms with Crippen LogP contribution in [0.25, 0.3) is 11.5 Å². The fraction of sp³-hybridized carbons (Fsp3) is 0.500. The van der Waals surface area contributed by atoms with Crippen LogP contribution in [0.5, 0.6) is 0 Å². The third-order valence-electron chi connectivity index (χ3n) is 4.25. The molecule has 0 unspecified atom stereocenters. The van der Waals surface area contributed by atoms with Crippen molar-refractivity contribution in [3.8, 4) is 11.5 Å². The van der Waals surface area contributed by atoms with Gasteiger partial charge in [0, 0.05) is 50.9 Å². The summed E-state index contributed by atoms with van der Waals surface area (Å²) in [5.74, 6) is 2.12. The molecule has 2 aromatic heterocycles. The fourth-order valence-corrected chi connectivity index (χ4v) is 2.79. The maximum atomic E-state index is 12.3. The lowest BCUT2D eigenvalue weighted by Gasteiger charge is -2.24. The summed E-state index contributed by atoms with van der Waals surface area (Å²) < 4.78 is 5.23. The van der Waals surface area contributed by atoms with E-state index >= 15 is 0 Å². The molecule has 1 amide bonds. The van der Waals surface area contributed by atoms with E-state index in [1.807, 2.05) is 31.1 Å². The molecular formula is C18H26N6O4. The Balaban J connectivity index is 0.000000878. The Morgan fingerprint density at radius 2 is 2.07 bits per heavy atom. The highest BCUT2D eigenvalue weighted by Gasteiger charge is 2.22. The molecule has 0 radical (unpaired) electrons. The maximum Gasteiger partial charge on any atom is 0.290 e. The highest BCUT2D eigenvalue weighted by atomic mass is 16.5. The first kappa shape index (κ1) is 21.3. The zero-order valence-electron chi connectivity index (χ0n) is 16.4. The maximum absolute atomic E-state index is 12.3. The van der Waals surface area contributed by atoms with Gasteiger partial charge in [0.05, 0.1) is 0 Å². The van der Waals surface area contributed by atoms with Gasteiger partial charge in [-0.3, -0.25) is 9.59 Å². The normalized spacial score (nSPS) is 14.5. The summed E-state index contributed by atoms with van der Waals surface area (Å²) in [7, 11) is 4.03. The molecule has 3 rings (SSSR count). The van der Waals surface area contributed by atoms with Gasteiger partial charge in [-0.15, -0.1) is 0 Å². The molecule has 1 aliphatic rings. The van der Waals surface area contributed by atoms with Gasteiger partial charge in [0.2, 0.25) is 5.91 Å². The lowest BCUT2D eigenvalue weighted by atomic mass is 10.2. The number of likely N-dealkylation sites (N-methyl/N-ethyl adjacent to an activating group) is 1. The van der Waals surface area contributed by atoms with Crippen LogP contribution >= 0.6 is 0 Å². The second kappa shape index (κ2) is 10.4. The quantitative estimate of drug-likeness (QED) is 0.738. The van der Waals surface area contributed by atoms with Gasteiger partial charge in [0.25, 0.3) is 12.4 Å². The van der Waals surface area contributed by atoms with Gasteiger partial charge in [-0.25, -0.2) is 4.98 Å². The number of carbonyl (C=O) groups is 2. The smallest absolute Gasteiger partial charge is 0.290 e. The summed E-state index contributed by atoms with van der Waals surface area (Å²) in [5, 5.41) is 10.7. The van der Waals surface area contributed by atoms with Gasteiger partial charge in [-0.05, 0) is 33.2 Å². The van der Waals surface area contributed by atoms with E-state index in [9.17, 15) is 4.79 Å². The largest absolute Gasteiger partial charge is 0.483 e. The molecule has 1 saturated heterocycles. The van der Waals surface area contributed by atoms with E-state index in [1.165, 1.54) is 0 Å². The number of aromatic nitrogens is 3. The number of amides is 1. The molecule has 152 valence electrons. The minimum atomic E-state index is -0.250. The first-order chi connectivity index (χ1) is 13.4. The van der Waals surface area contributed by atoms with Crippen LogP contribution in [0.2, 0.25) is 0 Å². The van der Waals surface area contributed by atoms with Crippen LogP contribution < -0.4 is 4.90 Å². The second-order valence-electron chi connectivity index (χ2n) is 6.58. The van der Waals surface area contributed by atoms with Gasteiger partial charge in [0.15, 0.2) is 5.82 Å². The minimum Gasteiger partial charge on any atom is -0.483 e. The summed E-state index contributed by atoms with van der Waals surface area (Å²) in [6.07, 6.45) is 2.24. The Morgan fingerprint density at radius 1 is 1.32 bits per heavy atom. The van der Waals surface area contributed by atoms with Crippen LogP contribution in [0.4, 0.5) is 5.82 Å². The van der Waals surface area contributed by atoms with Gasteiger partial charge < -0.3 is 24.3 Å². The van der Waals surface area contributed by atoms with E-state index in [0.717, 1.165) is 31.0 Å². The van der Waals surface area contributed by atoms with Crippen molar-refractivity contribution >= 4 is 18.2 Å². The molecule has 10 heteroatoms. The Morgan fingerprint density at radius 3 is 2.71 bits per heavy atom. The van der Waals surface area contributed by atoms with Crippen molar-refractivity contribution in [3.63, 3.8) is 0 Å². The zero-order chi connectivity index (χ0) is 20.5. The van der Waals surface area contributed by atoms with Gasteiger partial charge in [-0.2, -0.15) is 4.98 Å². The molecule has 0 bridgehead atoms. The minimum absolute atomic E-state index is 0.202. The average Bonchev–Trinajstić information content (AvgIpc) is 3.01. The lowest BCUT2D eigenvalue weighted by molar-refractivity contribution is -0.130. The Hall–Kier alpha value is -3.01. The third-order valence-corrected chi connectivity index (χ3v) is 4.25. The summed E-state index contributed by atoms with van der Waals surface area (Å²) in [5.41, 5.74) is 0.839. The highest BCUT2D eigenvalue weighted by molar-refractivity contribution is 5.77. The number of rotatable bonds is 5. The molecule has 2 aromatic rings. The van der Waals surface area contributed by atoms with Crippen LogP contribution in [0, 0.1) is 6.92 Å². The molecule has 0 aliphatic carbocycles. The Labute approximate surface area is 163 Å². The topological polar surface area (TPSA) is 116 Å². The average molecular weight is 390 g/mol. The van der Waals surface area contributed by atoms with Crippen LogP contribution in [0.1, 0.15) is 12.2 Å². The Kier molecular flexibility index (Phi) is 7.88. The molecule has 3 heterocycles. The second-order valence-corrected chi connectivity index (χ2v) is 6.58. The molecule has 0 atom stereocenters. The molecule has 10 nitrogen and oxygen atoms in total.